The summed E-state index contributed by atoms with van der Waals surface area (Å²) in [6.07, 6.45) is -0.0543. The Bertz CT molecular complexity index is 1010. The number of rotatable bonds is 3. The molecule has 3 rings (SSSR count). The number of H-pyrrole nitrogens is 1. The van der Waals surface area contributed by atoms with Crippen LogP contribution in [0.4, 0.5) is 5.69 Å². The second-order valence-electron chi connectivity index (χ2n) is 7.05. The highest BCUT2D eigenvalue weighted by Crippen LogP contribution is 2.39. The summed E-state index contributed by atoms with van der Waals surface area (Å²) in [6.45, 7) is 5.61. The summed E-state index contributed by atoms with van der Waals surface area (Å²) in [5, 5.41) is 3.59. The maximum absolute atomic E-state index is 12.5. The molecule has 10 heteroatoms. The monoisotopic (exact) mass is 400 g/mol. The number of hydroxylamine groups is 1. The Hall–Kier alpha value is -2.03. The largest absolute Gasteiger partial charge is 0.380 e. The molecule has 0 bridgehead atoms. The number of hydrogen-bond donors (Lipinski definition) is 3. The first-order chi connectivity index (χ1) is 12.1. The molecule has 2 heterocycles. The maximum atomic E-state index is 12.5. The maximum Gasteiger partial charge on any atom is 0.317 e. The number of aromatic amines is 1. The van der Waals surface area contributed by atoms with Crippen LogP contribution < -0.4 is 21.9 Å². The van der Waals surface area contributed by atoms with Crippen LogP contribution in [0.2, 0.25) is 10.0 Å². The quantitative estimate of drug-likeness (QED) is 0.540. The third kappa shape index (κ3) is 3.44. The smallest absolute Gasteiger partial charge is 0.317 e. The second kappa shape index (κ2) is 6.61. The van der Waals surface area contributed by atoms with Crippen molar-refractivity contribution in [1.29, 1.82) is 0 Å². The van der Waals surface area contributed by atoms with Gasteiger partial charge < -0.3 is 10.3 Å². The number of benzene rings is 1. The van der Waals surface area contributed by atoms with Gasteiger partial charge in [0.1, 0.15) is 0 Å². The number of halogens is 2. The number of nitrogens with one attached hydrogen (secondary N) is 3. The molecule has 0 aliphatic carbocycles. The molecule has 0 radical (unpaired) electrons. The van der Waals surface area contributed by atoms with E-state index >= 15 is 0 Å². The molecule has 140 valence electrons. The van der Waals surface area contributed by atoms with Crippen molar-refractivity contribution >= 4 is 45.8 Å². The van der Waals surface area contributed by atoms with E-state index in [1.165, 1.54) is 10.6 Å². The summed E-state index contributed by atoms with van der Waals surface area (Å²) in [7, 11) is 0. The van der Waals surface area contributed by atoms with Gasteiger partial charge in [0.05, 0.1) is 44.8 Å². The van der Waals surface area contributed by atoms with Gasteiger partial charge in [-0.3, -0.25) is 23.8 Å². The van der Waals surface area contributed by atoms with Gasteiger partial charge in [-0.1, -0.05) is 23.2 Å². The lowest BCUT2D eigenvalue weighted by molar-refractivity contribution is -0.146. The van der Waals surface area contributed by atoms with Crippen molar-refractivity contribution in [3.63, 3.8) is 0 Å². The van der Waals surface area contributed by atoms with E-state index in [1.54, 1.807) is 20.8 Å². The molecule has 2 aromatic rings. The van der Waals surface area contributed by atoms with Crippen LogP contribution in [0.25, 0.3) is 11.0 Å². The van der Waals surface area contributed by atoms with Gasteiger partial charge in [-0.05, 0) is 26.8 Å². The standard InChI is InChI=1S/C16H18Cl2N4O4/c1-16(2,3)26-21-10(23)4-7-6-19-12-11(18)8(17)5-9-13(12)22(7)15(25)14(24)20-9/h5,7,19H,4,6H2,1-3H3,(H,20,24)(H,21,23). The zero-order chi connectivity index (χ0) is 19.2. The lowest BCUT2D eigenvalue weighted by Crippen LogP contribution is -2.44. The average Bonchev–Trinajstić information content (AvgIpc) is 2.55. The molecule has 0 spiro atoms. The van der Waals surface area contributed by atoms with Gasteiger partial charge in [-0.2, -0.15) is 0 Å². The second-order valence-corrected chi connectivity index (χ2v) is 7.84. The molecule has 0 saturated carbocycles. The van der Waals surface area contributed by atoms with Crippen molar-refractivity contribution in [3.8, 4) is 0 Å². The fourth-order valence-electron chi connectivity index (χ4n) is 2.80. The minimum atomic E-state index is -0.792. The molecule has 1 aliphatic rings. The molecule has 8 nitrogen and oxygen atoms in total. The number of aromatic nitrogens is 2. The van der Waals surface area contributed by atoms with Gasteiger partial charge in [0.15, 0.2) is 0 Å². The normalized spacial score (nSPS) is 16.4. The van der Waals surface area contributed by atoms with E-state index in [1.807, 2.05) is 0 Å². The van der Waals surface area contributed by atoms with Gasteiger partial charge in [0.2, 0.25) is 5.91 Å². The van der Waals surface area contributed by atoms with Crippen LogP contribution in [0.1, 0.15) is 33.2 Å². The van der Waals surface area contributed by atoms with Gasteiger partial charge in [-0.25, -0.2) is 5.48 Å². The van der Waals surface area contributed by atoms with Crippen molar-refractivity contribution in [2.75, 3.05) is 11.9 Å². The number of carbonyl (C=O) groups excluding carboxylic acids is 1. The van der Waals surface area contributed by atoms with Gasteiger partial charge >= 0.3 is 11.1 Å². The van der Waals surface area contributed by atoms with Crippen LogP contribution >= 0.6 is 23.2 Å². The Morgan fingerprint density at radius 2 is 2.08 bits per heavy atom. The number of amides is 1. The zero-order valence-electron chi connectivity index (χ0n) is 14.4. The number of nitrogens with zero attached hydrogens (tertiary/aromatic N) is 1. The van der Waals surface area contributed by atoms with E-state index in [9.17, 15) is 14.4 Å². The predicted octanol–water partition coefficient (Wildman–Crippen LogP) is 2.20. The average molecular weight is 401 g/mol. The van der Waals surface area contributed by atoms with E-state index in [0.29, 0.717) is 16.7 Å². The lowest BCUT2D eigenvalue weighted by Gasteiger charge is -2.29. The highest BCUT2D eigenvalue weighted by Gasteiger charge is 2.28. The Kier molecular flexibility index (Phi) is 4.76. The van der Waals surface area contributed by atoms with Gasteiger partial charge in [0.25, 0.3) is 0 Å². The highest BCUT2D eigenvalue weighted by molar-refractivity contribution is 6.45. The van der Waals surface area contributed by atoms with E-state index in [0.717, 1.165) is 0 Å². The summed E-state index contributed by atoms with van der Waals surface area (Å²) in [6, 6.07) is 0.896. The Morgan fingerprint density at radius 3 is 2.73 bits per heavy atom. The van der Waals surface area contributed by atoms with E-state index in [4.69, 9.17) is 28.0 Å². The third-order valence-electron chi connectivity index (χ3n) is 3.87. The van der Waals surface area contributed by atoms with Crippen LogP contribution in [0.3, 0.4) is 0 Å². The van der Waals surface area contributed by atoms with E-state index in [2.05, 4.69) is 15.8 Å². The molecule has 3 N–H and O–H groups in total. The molecule has 1 aromatic heterocycles. The summed E-state index contributed by atoms with van der Waals surface area (Å²) in [5.74, 6) is -0.407. The van der Waals surface area contributed by atoms with Crippen LogP contribution in [-0.2, 0) is 9.63 Å². The summed E-state index contributed by atoms with van der Waals surface area (Å²) in [4.78, 5) is 44.4. The van der Waals surface area contributed by atoms with Crippen molar-refractivity contribution in [3.05, 3.63) is 36.8 Å². The molecule has 0 fully saturated rings. The number of carbonyl (C=O) groups is 1. The molecule has 1 unspecified atom stereocenters. The highest BCUT2D eigenvalue weighted by atomic mass is 35.5. The first kappa shape index (κ1) is 18.8. The fourth-order valence-corrected chi connectivity index (χ4v) is 3.21. The first-order valence-electron chi connectivity index (χ1n) is 7.95. The van der Waals surface area contributed by atoms with Crippen molar-refractivity contribution in [1.82, 2.24) is 15.0 Å². The molecular formula is C16H18Cl2N4O4. The zero-order valence-corrected chi connectivity index (χ0v) is 15.9. The molecular weight excluding hydrogens is 383 g/mol. The van der Waals surface area contributed by atoms with E-state index < -0.39 is 28.7 Å². The third-order valence-corrected chi connectivity index (χ3v) is 4.65. The van der Waals surface area contributed by atoms with Crippen molar-refractivity contribution in [2.24, 2.45) is 0 Å². The number of hydrogen-bond acceptors (Lipinski definition) is 5. The molecule has 0 saturated heterocycles. The summed E-state index contributed by atoms with van der Waals surface area (Å²) in [5.41, 5.74) is 1.49. The number of anilines is 1. The van der Waals surface area contributed by atoms with Gasteiger partial charge in [-0.15, -0.1) is 0 Å². The molecule has 1 amide bonds. The molecule has 1 aromatic carbocycles. The minimum Gasteiger partial charge on any atom is -0.380 e. The Balaban J connectivity index is 2.04. The fraction of sp³-hybridized carbons (Fsp3) is 0.438. The van der Waals surface area contributed by atoms with Crippen LogP contribution in [0, 0.1) is 0 Å². The SMILES string of the molecule is CC(C)(C)ONC(=O)CC1CNc2c(Cl)c(Cl)cc3[nH]c(=O)c(=O)n1c23. The lowest BCUT2D eigenvalue weighted by atomic mass is 10.1. The van der Waals surface area contributed by atoms with Crippen LogP contribution in [0.5, 0.6) is 0 Å². The summed E-state index contributed by atoms with van der Waals surface area (Å²) >= 11 is 12.3. The topological polar surface area (TPSA) is 105 Å². The minimum absolute atomic E-state index is 0.0543. The van der Waals surface area contributed by atoms with Gasteiger partial charge in [0, 0.05) is 6.54 Å². The Morgan fingerprint density at radius 1 is 1.38 bits per heavy atom. The van der Waals surface area contributed by atoms with Crippen LogP contribution in [0.15, 0.2) is 15.7 Å². The van der Waals surface area contributed by atoms with Crippen molar-refractivity contribution in [2.45, 2.75) is 38.8 Å². The molecule has 1 aliphatic heterocycles. The molecule has 1 atom stereocenters. The Labute approximate surface area is 158 Å². The van der Waals surface area contributed by atoms with Crippen LogP contribution in [-0.4, -0.2) is 27.6 Å². The summed E-state index contributed by atoms with van der Waals surface area (Å²) < 4.78 is 1.29. The molecule has 26 heavy (non-hydrogen) atoms. The van der Waals surface area contributed by atoms with E-state index in [-0.39, 0.29) is 23.0 Å². The first-order valence-corrected chi connectivity index (χ1v) is 8.71. The van der Waals surface area contributed by atoms with Crippen molar-refractivity contribution < 1.29 is 9.63 Å². The predicted molar refractivity (Wildman–Crippen MR) is 100.0 cm³/mol.